The van der Waals surface area contributed by atoms with E-state index in [9.17, 15) is 9.59 Å². The van der Waals surface area contributed by atoms with Crippen molar-refractivity contribution in [2.24, 2.45) is 12.9 Å². The highest BCUT2D eigenvalue weighted by atomic mass is 16.2. The van der Waals surface area contributed by atoms with Gasteiger partial charge in [-0.1, -0.05) is 36.4 Å². The van der Waals surface area contributed by atoms with Crippen molar-refractivity contribution in [1.29, 1.82) is 0 Å². The van der Waals surface area contributed by atoms with E-state index in [-0.39, 0.29) is 5.91 Å². The number of fused-ring (bicyclic) bond motifs is 1. The fourth-order valence-corrected chi connectivity index (χ4v) is 3.19. The number of nitrogen functional groups attached to an aromatic ring is 1. The zero-order chi connectivity index (χ0) is 18.3. The third-order valence-electron chi connectivity index (χ3n) is 4.46. The molecule has 7 nitrogen and oxygen atoms in total. The number of hydrogen-bond acceptors (Lipinski definition) is 4. The van der Waals surface area contributed by atoms with E-state index in [2.05, 4.69) is 10.5 Å². The Morgan fingerprint density at radius 3 is 2.65 bits per heavy atom. The molecule has 3 N–H and O–H groups in total. The molecule has 130 valence electrons. The van der Waals surface area contributed by atoms with Gasteiger partial charge in [0.1, 0.15) is 0 Å². The minimum atomic E-state index is -0.429. The maximum absolute atomic E-state index is 13.0. The Balaban J connectivity index is 1.75. The van der Waals surface area contributed by atoms with Gasteiger partial charge < -0.3 is 0 Å². The number of aryl methyl sites for hydroxylation is 1. The highest BCUT2D eigenvalue weighted by molar-refractivity contribution is 6.12. The summed E-state index contributed by atoms with van der Waals surface area (Å²) in [6.07, 6.45) is 1.90. The summed E-state index contributed by atoms with van der Waals surface area (Å²) >= 11 is 0. The molecule has 2 heterocycles. The summed E-state index contributed by atoms with van der Waals surface area (Å²) in [4.78, 5) is 26.3. The summed E-state index contributed by atoms with van der Waals surface area (Å²) in [5.74, 6) is 5.18. The molecule has 0 atom stereocenters. The molecule has 2 aromatic carbocycles. The van der Waals surface area contributed by atoms with Crippen molar-refractivity contribution in [3.63, 3.8) is 0 Å². The zero-order valence-electron chi connectivity index (χ0n) is 14.1. The molecule has 0 radical (unpaired) electrons. The average Bonchev–Trinajstić information content (AvgIpc) is 3.21. The van der Waals surface area contributed by atoms with Crippen LogP contribution in [0.3, 0.4) is 0 Å². The van der Waals surface area contributed by atoms with Crippen LogP contribution < -0.4 is 16.2 Å². The Labute approximate surface area is 150 Å². The summed E-state index contributed by atoms with van der Waals surface area (Å²) in [7, 11) is 1.83. The third-order valence-corrected chi connectivity index (χ3v) is 4.46. The molecule has 0 bridgehead atoms. The largest absolute Gasteiger partial charge is 0.290 e. The van der Waals surface area contributed by atoms with Crippen LogP contribution in [0.15, 0.2) is 54.7 Å². The molecule has 4 rings (SSSR count). The lowest BCUT2D eigenvalue weighted by molar-refractivity contribution is 0.0953. The molecule has 1 aliphatic rings. The number of carbonyl (C=O) groups excluding carboxylic acids is 2. The molecule has 2 amide bonds. The first-order valence-electron chi connectivity index (χ1n) is 8.13. The Morgan fingerprint density at radius 2 is 1.92 bits per heavy atom. The van der Waals surface area contributed by atoms with Crippen molar-refractivity contribution in [3.05, 3.63) is 71.4 Å². The van der Waals surface area contributed by atoms with Crippen molar-refractivity contribution < 1.29 is 9.59 Å². The standard InChI is InChI=1S/C19H17N5O2/c1-23-11-16(12-5-3-2-4-6-12)17(22-23)24-10-14-8-7-13(18(25)21-20)9-15(14)19(24)26/h2-9,11H,10,20H2,1H3,(H,21,25). The van der Waals surface area contributed by atoms with Crippen LogP contribution in [-0.4, -0.2) is 21.6 Å². The lowest BCUT2D eigenvalue weighted by atomic mass is 10.1. The maximum atomic E-state index is 13.0. The van der Waals surface area contributed by atoms with Gasteiger partial charge in [-0.15, -0.1) is 0 Å². The van der Waals surface area contributed by atoms with E-state index in [0.29, 0.717) is 23.5 Å². The number of hydrogen-bond donors (Lipinski definition) is 2. The minimum absolute atomic E-state index is 0.178. The van der Waals surface area contributed by atoms with Crippen LogP contribution in [-0.2, 0) is 13.6 Å². The lowest BCUT2D eigenvalue weighted by Crippen LogP contribution is -2.30. The van der Waals surface area contributed by atoms with Gasteiger partial charge in [-0.3, -0.25) is 24.6 Å². The first-order chi connectivity index (χ1) is 12.6. The van der Waals surface area contributed by atoms with E-state index in [0.717, 1.165) is 16.7 Å². The molecule has 7 heteroatoms. The van der Waals surface area contributed by atoms with Crippen molar-refractivity contribution >= 4 is 17.6 Å². The van der Waals surface area contributed by atoms with Crippen LogP contribution >= 0.6 is 0 Å². The number of benzene rings is 2. The number of nitrogens with two attached hydrogens (primary N) is 1. The summed E-state index contributed by atoms with van der Waals surface area (Å²) in [5, 5.41) is 4.50. The fourth-order valence-electron chi connectivity index (χ4n) is 3.19. The summed E-state index contributed by atoms with van der Waals surface area (Å²) in [5.41, 5.74) is 5.66. The Kier molecular flexibility index (Phi) is 3.78. The van der Waals surface area contributed by atoms with Crippen LogP contribution in [0.25, 0.3) is 11.1 Å². The highest BCUT2D eigenvalue weighted by Gasteiger charge is 2.32. The topological polar surface area (TPSA) is 93.3 Å². The summed E-state index contributed by atoms with van der Waals surface area (Å²) in [6.45, 7) is 0.412. The van der Waals surface area contributed by atoms with Gasteiger partial charge in [0.15, 0.2) is 5.82 Å². The van der Waals surface area contributed by atoms with Crippen LogP contribution in [0.5, 0.6) is 0 Å². The Hall–Kier alpha value is -3.45. The predicted octanol–water partition coefficient (Wildman–Crippen LogP) is 1.85. The first kappa shape index (κ1) is 16.0. The van der Waals surface area contributed by atoms with Gasteiger partial charge in [0.05, 0.1) is 6.54 Å². The molecule has 26 heavy (non-hydrogen) atoms. The number of hydrazine groups is 1. The minimum Gasteiger partial charge on any atom is -0.290 e. The van der Waals surface area contributed by atoms with E-state index in [1.165, 1.54) is 0 Å². The van der Waals surface area contributed by atoms with Gasteiger partial charge in [-0.05, 0) is 23.3 Å². The highest BCUT2D eigenvalue weighted by Crippen LogP contribution is 2.35. The van der Waals surface area contributed by atoms with Gasteiger partial charge in [0.25, 0.3) is 11.8 Å². The molecule has 1 aromatic heterocycles. The van der Waals surface area contributed by atoms with Crippen LogP contribution in [0.4, 0.5) is 5.82 Å². The first-order valence-corrected chi connectivity index (χ1v) is 8.13. The molecule has 0 saturated heterocycles. The number of aromatic nitrogens is 2. The smallest absolute Gasteiger partial charge is 0.265 e. The molecule has 0 unspecified atom stereocenters. The van der Waals surface area contributed by atoms with E-state index in [1.54, 1.807) is 27.8 Å². The van der Waals surface area contributed by atoms with E-state index in [1.807, 2.05) is 43.6 Å². The maximum Gasteiger partial charge on any atom is 0.265 e. The van der Waals surface area contributed by atoms with Gasteiger partial charge in [0.2, 0.25) is 0 Å². The van der Waals surface area contributed by atoms with Gasteiger partial charge in [-0.2, -0.15) is 5.10 Å². The second-order valence-corrected chi connectivity index (χ2v) is 6.14. The van der Waals surface area contributed by atoms with E-state index >= 15 is 0 Å². The normalized spacial score (nSPS) is 13.0. The molecule has 0 saturated carbocycles. The fraction of sp³-hybridized carbons (Fsp3) is 0.105. The molecular weight excluding hydrogens is 330 g/mol. The molecule has 0 aliphatic carbocycles. The number of amides is 2. The van der Waals surface area contributed by atoms with Crippen LogP contribution in [0.1, 0.15) is 26.3 Å². The number of nitrogens with zero attached hydrogens (tertiary/aromatic N) is 3. The van der Waals surface area contributed by atoms with Gasteiger partial charge in [-0.25, -0.2) is 5.84 Å². The summed E-state index contributed by atoms with van der Waals surface area (Å²) < 4.78 is 1.70. The SMILES string of the molecule is Cn1cc(-c2ccccc2)c(N2Cc3ccc(C(=O)NN)cc3C2=O)n1. The van der Waals surface area contributed by atoms with Crippen molar-refractivity contribution in [2.75, 3.05) is 4.90 Å². The Morgan fingerprint density at radius 1 is 1.15 bits per heavy atom. The molecule has 0 fully saturated rings. The molecule has 3 aromatic rings. The van der Waals surface area contributed by atoms with Gasteiger partial charge in [0, 0.05) is 29.9 Å². The number of carbonyl (C=O) groups is 2. The number of rotatable bonds is 3. The van der Waals surface area contributed by atoms with Crippen molar-refractivity contribution in [1.82, 2.24) is 15.2 Å². The van der Waals surface area contributed by atoms with E-state index in [4.69, 9.17) is 5.84 Å². The second kappa shape index (κ2) is 6.12. The zero-order valence-corrected chi connectivity index (χ0v) is 14.1. The quantitative estimate of drug-likeness (QED) is 0.430. The average molecular weight is 347 g/mol. The molecule has 1 aliphatic heterocycles. The van der Waals surface area contributed by atoms with Crippen molar-refractivity contribution in [2.45, 2.75) is 6.54 Å². The monoisotopic (exact) mass is 347 g/mol. The number of anilines is 1. The predicted molar refractivity (Wildman–Crippen MR) is 97.3 cm³/mol. The van der Waals surface area contributed by atoms with Crippen LogP contribution in [0.2, 0.25) is 0 Å². The summed E-state index contributed by atoms with van der Waals surface area (Å²) in [6, 6.07) is 14.8. The second-order valence-electron chi connectivity index (χ2n) is 6.14. The third kappa shape index (κ3) is 2.55. The van der Waals surface area contributed by atoms with Crippen LogP contribution in [0, 0.1) is 0 Å². The van der Waals surface area contributed by atoms with Gasteiger partial charge >= 0.3 is 0 Å². The molecular formula is C19H17N5O2. The van der Waals surface area contributed by atoms with E-state index < -0.39 is 5.91 Å². The molecule has 0 spiro atoms. The van der Waals surface area contributed by atoms with Crippen molar-refractivity contribution in [3.8, 4) is 11.1 Å². The Bertz CT molecular complexity index is 1010. The lowest BCUT2D eigenvalue weighted by Gasteiger charge is -2.14. The number of nitrogens with one attached hydrogen (secondary N) is 1.